The molecule has 0 aliphatic rings. The average molecular weight is 294 g/mol. The predicted molar refractivity (Wildman–Crippen MR) is 90.8 cm³/mol. The second-order valence-corrected chi connectivity index (χ2v) is 5.83. The highest BCUT2D eigenvalue weighted by atomic mass is 32.1. The molecule has 3 heteroatoms. The second kappa shape index (κ2) is 7.04. The van der Waals surface area contributed by atoms with Crippen molar-refractivity contribution in [3.63, 3.8) is 0 Å². The summed E-state index contributed by atoms with van der Waals surface area (Å²) in [5.41, 5.74) is 3.75. The molecule has 0 aliphatic heterocycles. The largest absolute Gasteiger partial charge is 0.385 e. The quantitative estimate of drug-likeness (QED) is 0.657. The van der Waals surface area contributed by atoms with E-state index in [1.165, 1.54) is 16.8 Å². The lowest BCUT2D eigenvalue weighted by Crippen LogP contribution is -2.02. The number of anilines is 1. The van der Waals surface area contributed by atoms with E-state index in [9.17, 15) is 0 Å². The van der Waals surface area contributed by atoms with Crippen molar-refractivity contribution < 1.29 is 0 Å². The predicted octanol–water partition coefficient (Wildman–Crippen LogP) is 4.85. The Balaban J connectivity index is 1.47. The van der Waals surface area contributed by atoms with Crippen LogP contribution in [0.1, 0.15) is 12.0 Å². The molecule has 21 heavy (non-hydrogen) atoms. The molecule has 2 nitrogen and oxygen atoms in total. The van der Waals surface area contributed by atoms with Crippen molar-refractivity contribution in [2.45, 2.75) is 12.8 Å². The van der Waals surface area contributed by atoms with Crippen LogP contribution in [0.15, 0.2) is 66.2 Å². The topological polar surface area (TPSA) is 24.9 Å². The minimum atomic E-state index is 0.992. The highest BCUT2D eigenvalue weighted by Crippen LogP contribution is 2.23. The molecule has 0 aliphatic carbocycles. The molecule has 2 aromatic carbocycles. The van der Waals surface area contributed by atoms with Crippen LogP contribution in [0.5, 0.6) is 0 Å². The summed E-state index contributed by atoms with van der Waals surface area (Å²) < 4.78 is 0. The SMILES string of the molecule is c1ccc(CCCNc2ccc(-c3nccs3)cc2)cc1. The fourth-order valence-electron chi connectivity index (χ4n) is 2.27. The Morgan fingerprint density at radius 2 is 1.76 bits per heavy atom. The van der Waals surface area contributed by atoms with Crippen LogP contribution in [0.25, 0.3) is 10.6 Å². The molecule has 0 spiro atoms. The van der Waals surface area contributed by atoms with Gasteiger partial charge in [-0.15, -0.1) is 11.3 Å². The minimum Gasteiger partial charge on any atom is -0.385 e. The van der Waals surface area contributed by atoms with Crippen LogP contribution in [0.2, 0.25) is 0 Å². The Bertz CT molecular complexity index is 645. The molecule has 0 amide bonds. The van der Waals surface area contributed by atoms with Gasteiger partial charge in [-0.2, -0.15) is 0 Å². The van der Waals surface area contributed by atoms with Crippen molar-refractivity contribution in [3.8, 4) is 10.6 Å². The van der Waals surface area contributed by atoms with Crippen molar-refractivity contribution >= 4 is 17.0 Å². The van der Waals surface area contributed by atoms with E-state index < -0.39 is 0 Å². The summed E-state index contributed by atoms with van der Waals surface area (Å²) in [6, 6.07) is 19.1. The Kier molecular flexibility index (Phi) is 4.64. The summed E-state index contributed by atoms with van der Waals surface area (Å²) in [4.78, 5) is 4.32. The molecule has 1 aromatic heterocycles. The lowest BCUT2D eigenvalue weighted by atomic mass is 10.1. The van der Waals surface area contributed by atoms with Gasteiger partial charge in [0.2, 0.25) is 0 Å². The normalized spacial score (nSPS) is 10.5. The van der Waals surface area contributed by atoms with Gasteiger partial charge in [-0.05, 0) is 42.7 Å². The Morgan fingerprint density at radius 1 is 0.952 bits per heavy atom. The smallest absolute Gasteiger partial charge is 0.123 e. The van der Waals surface area contributed by atoms with Crippen LogP contribution in [-0.2, 0) is 6.42 Å². The first-order chi connectivity index (χ1) is 10.4. The summed E-state index contributed by atoms with van der Waals surface area (Å²) >= 11 is 1.67. The molecular formula is C18H18N2S. The van der Waals surface area contributed by atoms with Crippen molar-refractivity contribution in [1.82, 2.24) is 4.98 Å². The number of thiazole rings is 1. The van der Waals surface area contributed by atoms with Gasteiger partial charge in [0, 0.05) is 29.4 Å². The lowest BCUT2D eigenvalue weighted by Gasteiger charge is -2.07. The number of hydrogen-bond donors (Lipinski definition) is 1. The number of benzene rings is 2. The molecule has 106 valence electrons. The van der Waals surface area contributed by atoms with Gasteiger partial charge in [-0.1, -0.05) is 30.3 Å². The molecule has 0 atom stereocenters. The summed E-state index contributed by atoms with van der Waals surface area (Å²) in [6.45, 7) is 0.992. The van der Waals surface area contributed by atoms with Gasteiger partial charge in [0.1, 0.15) is 5.01 Å². The van der Waals surface area contributed by atoms with E-state index in [1.54, 1.807) is 11.3 Å². The number of aryl methyl sites for hydroxylation is 1. The van der Waals surface area contributed by atoms with Crippen LogP contribution in [0, 0.1) is 0 Å². The van der Waals surface area contributed by atoms with Crippen molar-refractivity contribution in [1.29, 1.82) is 0 Å². The van der Waals surface area contributed by atoms with E-state index >= 15 is 0 Å². The molecular weight excluding hydrogens is 276 g/mol. The summed E-state index contributed by atoms with van der Waals surface area (Å²) in [5.74, 6) is 0. The van der Waals surface area contributed by atoms with E-state index in [2.05, 4.69) is 64.9 Å². The van der Waals surface area contributed by atoms with Gasteiger partial charge in [0.15, 0.2) is 0 Å². The van der Waals surface area contributed by atoms with Crippen LogP contribution in [0.3, 0.4) is 0 Å². The second-order valence-electron chi connectivity index (χ2n) is 4.93. The van der Waals surface area contributed by atoms with Crippen molar-refractivity contribution in [2.75, 3.05) is 11.9 Å². The monoisotopic (exact) mass is 294 g/mol. The molecule has 0 fully saturated rings. The summed E-state index contributed by atoms with van der Waals surface area (Å²) in [7, 11) is 0. The minimum absolute atomic E-state index is 0.992. The first-order valence-corrected chi connectivity index (χ1v) is 8.07. The molecule has 3 rings (SSSR count). The summed E-state index contributed by atoms with van der Waals surface area (Å²) in [6.07, 6.45) is 4.10. The molecule has 0 saturated heterocycles. The maximum absolute atomic E-state index is 4.32. The Labute approximate surface area is 129 Å². The zero-order chi connectivity index (χ0) is 14.3. The fourth-order valence-corrected chi connectivity index (χ4v) is 2.91. The number of hydrogen-bond acceptors (Lipinski definition) is 3. The molecule has 0 unspecified atom stereocenters. The Hall–Kier alpha value is -2.13. The van der Waals surface area contributed by atoms with E-state index in [4.69, 9.17) is 0 Å². The average Bonchev–Trinajstić information content (AvgIpc) is 3.08. The zero-order valence-electron chi connectivity index (χ0n) is 11.8. The fraction of sp³-hybridized carbons (Fsp3) is 0.167. The van der Waals surface area contributed by atoms with Crippen LogP contribution < -0.4 is 5.32 Å². The van der Waals surface area contributed by atoms with Gasteiger partial charge in [0.25, 0.3) is 0 Å². The molecule has 0 saturated carbocycles. The molecule has 0 radical (unpaired) electrons. The van der Waals surface area contributed by atoms with Gasteiger partial charge < -0.3 is 5.32 Å². The molecule has 3 aromatic rings. The van der Waals surface area contributed by atoms with Crippen molar-refractivity contribution in [2.24, 2.45) is 0 Å². The number of nitrogens with zero attached hydrogens (tertiary/aromatic N) is 1. The van der Waals surface area contributed by atoms with E-state index in [0.29, 0.717) is 0 Å². The number of nitrogens with one attached hydrogen (secondary N) is 1. The lowest BCUT2D eigenvalue weighted by molar-refractivity contribution is 0.863. The van der Waals surface area contributed by atoms with Gasteiger partial charge in [0.05, 0.1) is 0 Å². The van der Waals surface area contributed by atoms with Gasteiger partial charge in [-0.3, -0.25) is 0 Å². The van der Waals surface area contributed by atoms with Gasteiger partial charge >= 0.3 is 0 Å². The molecule has 1 N–H and O–H groups in total. The molecule has 0 bridgehead atoms. The zero-order valence-corrected chi connectivity index (χ0v) is 12.6. The molecule has 1 heterocycles. The van der Waals surface area contributed by atoms with Gasteiger partial charge in [-0.25, -0.2) is 4.98 Å². The first-order valence-electron chi connectivity index (χ1n) is 7.19. The maximum Gasteiger partial charge on any atom is 0.123 e. The van der Waals surface area contributed by atoms with Crippen LogP contribution in [-0.4, -0.2) is 11.5 Å². The van der Waals surface area contributed by atoms with E-state index in [0.717, 1.165) is 24.4 Å². The third-order valence-corrected chi connectivity index (χ3v) is 4.20. The summed E-state index contributed by atoms with van der Waals surface area (Å²) in [5, 5.41) is 6.55. The van der Waals surface area contributed by atoms with Crippen LogP contribution in [0.4, 0.5) is 5.69 Å². The standard InChI is InChI=1S/C18H18N2S/c1-2-5-15(6-3-1)7-4-12-19-17-10-8-16(9-11-17)18-20-13-14-21-18/h1-3,5-6,8-11,13-14,19H,4,7,12H2. The van der Waals surface area contributed by atoms with E-state index in [-0.39, 0.29) is 0 Å². The van der Waals surface area contributed by atoms with E-state index in [1.807, 2.05) is 11.6 Å². The number of rotatable bonds is 6. The third kappa shape index (κ3) is 3.92. The highest BCUT2D eigenvalue weighted by molar-refractivity contribution is 7.13. The Morgan fingerprint density at radius 3 is 2.48 bits per heavy atom. The third-order valence-electron chi connectivity index (χ3n) is 3.38. The van der Waals surface area contributed by atoms with Crippen molar-refractivity contribution in [3.05, 3.63) is 71.7 Å². The van der Waals surface area contributed by atoms with Crippen LogP contribution >= 0.6 is 11.3 Å². The highest BCUT2D eigenvalue weighted by Gasteiger charge is 2.00. The number of aromatic nitrogens is 1. The maximum atomic E-state index is 4.32. The first kappa shape index (κ1) is 13.8.